The second kappa shape index (κ2) is 2.58. The Morgan fingerprint density at radius 2 is 2.09 bits per heavy atom. The Kier molecular flexibility index (Phi) is 1.90. The molecule has 0 fully saturated rings. The van der Waals surface area contributed by atoms with Gasteiger partial charge in [0.25, 0.3) is 0 Å². The van der Waals surface area contributed by atoms with E-state index in [0.29, 0.717) is 0 Å². The second-order valence-electron chi connectivity index (χ2n) is 2.00. The zero-order valence-electron chi connectivity index (χ0n) is 5.30. The maximum absolute atomic E-state index is 11.7. The molecule has 0 aliphatic carbocycles. The van der Waals surface area contributed by atoms with Crippen LogP contribution in [0.3, 0.4) is 0 Å². The van der Waals surface area contributed by atoms with E-state index in [1.165, 1.54) is 0 Å². The van der Waals surface area contributed by atoms with Crippen LogP contribution in [0, 0.1) is 0 Å². The highest BCUT2D eigenvalue weighted by Crippen LogP contribution is 2.32. The van der Waals surface area contributed by atoms with Crippen LogP contribution in [-0.4, -0.2) is 11.3 Å². The number of halogens is 3. The van der Waals surface area contributed by atoms with Gasteiger partial charge in [-0.25, -0.2) is 0 Å². The Bertz CT molecular complexity index is 214. The molecule has 1 unspecified atom stereocenters. The van der Waals surface area contributed by atoms with Crippen LogP contribution in [0.2, 0.25) is 0 Å². The number of alkyl halides is 3. The van der Waals surface area contributed by atoms with Crippen LogP contribution in [0.4, 0.5) is 13.2 Å². The average Bonchev–Trinajstić information content (AvgIpc) is 2.34. The van der Waals surface area contributed by atoms with E-state index in [1.807, 2.05) is 0 Å². The number of aliphatic hydroxyl groups is 1. The van der Waals surface area contributed by atoms with Crippen molar-refractivity contribution in [1.82, 2.24) is 0 Å². The molecule has 0 aromatic carbocycles. The molecule has 1 aromatic heterocycles. The van der Waals surface area contributed by atoms with Crippen LogP contribution in [0.5, 0.6) is 0 Å². The number of hydrogen-bond acceptors (Lipinski definition) is 2. The Balaban J connectivity index is 2.78. The van der Waals surface area contributed by atoms with E-state index in [9.17, 15) is 13.2 Å². The van der Waals surface area contributed by atoms with Gasteiger partial charge in [0.1, 0.15) is 0 Å². The van der Waals surface area contributed by atoms with Crippen molar-refractivity contribution in [2.45, 2.75) is 12.3 Å². The Hall–Kier alpha value is -0.970. The maximum Gasteiger partial charge on any atom is 0.418 e. The molecule has 11 heavy (non-hydrogen) atoms. The smallest absolute Gasteiger partial charge is 0.418 e. The van der Waals surface area contributed by atoms with Crippen molar-refractivity contribution < 1.29 is 22.7 Å². The largest absolute Gasteiger partial charge is 0.472 e. The minimum absolute atomic E-state index is 0.280. The molecule has 1 aromatic rings. The van der Waals surface area contributed by atoms with Gasteiger partial charge in [0.2, 0.25) is 0 Å². The summed E-state index contributed by atoms with van der Waals surface area (Å²) >= 11 is 0. The average molecular weight is 166 g/mol. The lowest BCUT2D eigenvalue weighted by molar-refractivity contribution is -0.206. The van der Waals surface area contributed by atoms with Gasteiger partial charge in [-0.15, -0.1) is 0 Å². The maximum atomic E-state index is 11.7. The van der Waals surface area contributed by atoms with Crippen molar-refractivity contribution in [3.8, 4) is 0 Å². The van der Waals surface area contributed by atoms with Gasteiger partial charge in [0, 0.05) is 5.56 Å². The van der Waals surface area contributed by atoms with Gasteiger partial charge in [-0.05, 0) is 6.07 Å². The van der Waals surface area contributed by atoms with Gasteiger partial charge in [-0.1, -0.05) is 0 Å². The summed E-state index contributed by atoms with van der Waals surface area (Å²) in [4.78, 5) is 0. The summed E-state index contributed by atoms with van der Waals surface area (Å²) in [5.74, 6) is 0. The van der Waals surface area contributed by atoms with Crippen LogP contribution in [0.15, 0.2) is 23.0 Å². The normalized spacial score (nSPS) is 14.9. The molecular formula is C6H5F3O2. The van der Waals surface area contributed by atoms with Gasteiger partial charge in [-0.3, -0.25) is 0 Å². The summed E-state index contributed by atoms with van der Waals surface area (Å²) in [5, 5.41) is 8.56. The molecule has 0 saturated heterocycles. The zero-order valence-corrected chi connectivity index (χ0v) is 5.30. The van der Waals surface area contributed by atoms with E-state index in [0.717, 1.165) is 18.6 Å². The fraction of sp³-hybridized carbons (Fsp3) is 0.333. The number of furan rings is 1. The van der Waals surface area contributed by atoms with Gasteiger partial charge < -0.3 is 9.52 Å². The number of rotatable bonds is 1. The van der Waals surface area contributed by atoms with Gasteiger partial charge in [-0.2, -0.15) is 13.2 Å². The summed E-state index contributed by atoms with van der Waals surface area (Å²) < 4.78 is 39.5. The van der Waals surface area contributed by atoms with E-state index < -0.39 is 12.3 Å². The first-order valence-corrected chi connectivity index (χ1v) is 2.78. The summed E-state index contributed by atoms with van der Waals surface area (Å²) in [6.45, 7) is 0. The second-order valence-corrected chi connectivity index (χ2v) is 2.00. The van der Waals surface area contributed by atoms with Crippen molar-refractivity contribution in [3.05, 3.63) is 24.2 Å². The minimum atomic E-state index is -4.62. The monoisotopic (exact) mass is 166 g/mol. The predicted molar refractivity (Wildman–Crippen MR) is 29.7 cm³/mol. The van der Waals surface area contributed by atoms with E-state index in [-0.39, 0.29) is 5.56 Å². The Morgan fingerprint density at radius 1 is 1.45 bits per heavy atom. The number of hydrogen-bond donors (Lipinski definition) is 1. The molecule has 0 bridgehead atoms. The fourth-order valence-electron chi connectivity index (χ4n) is 0.620. The topological polar surface area (TPSA) is 33.4 Å². The molecule has 0 saturated carbocycles. The lowest BCUT2D eigenvalue weighted by atomic mass is 10.2. The van der Waals surface area contributed by atoms with Gasteiger partial charge >= 0.3 is 6.18 Å². The third-order valence-electron chi connectivity index (χ3n) is 1.17. The Labute approximate surface area is 60.2 Å². The van der Waals surface area contributed by atoms with Crippen molar-refractivity contribution >= 4 is 0 Å². The molecule has 0 aliphatic heterocycles. The first-order valence-electron chi connectivity index (χ1n) is 2.78. The van der Waals surface area contributed by atoms with Crippen molar-refractivity contribution in [2.24, 2.45) is 0 Å². The first-order chi connectivity index (χ1) is 5.02. The SMILES string of the molecule is OC(c1ccoc1)C(F)(F)F. The highest BCUT2D eigenvalue weighted by molar-refractivity contribution is 5.10. The third kappa shape index (κ3) is 1.74. The van der Waals surface area contributed by atoms with Crippen molar-refractivity contribution in [1.29, 1.82) is 0 Å². The minimum Gasteiger partial charge on any atom is -0.472 e. The van der Waals surface area contributed by atoms with Crippen LogP contribution in [-0.2, 0) is 0 Å². The Morgan fingerprint density at radius 3 is 2.45 bits per heavy atom. The summed E-state index contributed by atoms with van der Waals surface area (Å²) in [5.41, 5.74) is -0.280. The van der Waals surface area contributed by atoms with E-state index >= 15 is 0 Å². The van der Waals surface area contributed by atoms with E-state index in [1.54, 1.807) is 0 Å². The van der Waals surface area contributed by atoms with Crippen LogP contribution in [0.1, 0.15) is 11.7 Å². The standard InChI is InChI=1S/C6H5F3O2/c7-6(8,9)5(10)4-1-2-11-3-4/h1-3,5,10H. The molecule has 1 rings (SSSR count). The summed E-state index contributed by atoms with van der Waals surface area (Å²) in [7, 11) is 0. The molecule has 1 atom stereocenters. The molecule has 1 N–H and O–H groups in total. The van der Waals surface area contributed by atoms with Crippen LogP contribution < -0.4 is 0 Å². The van der Waals surface area contributed by atoms with E-state index in [4.69, 9.17) is 5.11 Å². The van der Waals surface area contributed by atoms with E-state index in [2.05, 4.69) is 4.42 Å². The third-order valence-corrected chi connectivity index (χ3v) is 1.17. The molecule has 1 heterocycles. The molecule has 0 aliphatic rings. The quantitative estimate of drug-likeness (QED) is 0.690. The van der Waals surface area contributed by atoms with Crippen LogP contribution in [0.25, 0.3) is 0 Å². The van der Waals surface area contributed by atoms with Gasteiger partial charge in [0.05, 0.1) is 12.5 Å². The highest BCUT2D eigenvalue weighted by atomic mass is 19.4. The first kappa shape index (κ1) is 8.13. The molecule has 62 valence electrons. The summed E-state index contributed by atoms with van der Waals surface area (Å²) in [6.07, 6.45) is -5.13. The highest BCUT2D eigenvalue weighted by Gasteiger charge is 2.39. The zero-order chi connectivity index (χ0) is 8.48. The lowest BCUT2D eigenvalue weighted by Gasteiger charge is -2.11. The molecule has 0 spiro atoms. The van der Waals surface area contributed by atoms with Gasteiger partial charge in [0.15, 0.2) is 6.10 Å². The van der Waals surface area contributed by atoms with Crippen molar-refractivity contribution in [3.63, 3.8) is 0 Å². The number of aliphatic hydroxyl groups excluding tert-OH is 1. The molecular weight excluding hydrogens is 161 g/mol. The summed E-state index contributed by atoms with van der Waals surface area (Å²) in [6, 6.07) is 1.07. The molecule has 2 nitrogen and oxygen atoms in total. The predicted octanol–water partition coefficient (Wildman–Crippen LogP) is 1.88. The molecule has 5 heteroatoms. The van der Waals surface area contributed by atoms with Crippen LogP contribution >= 0.6 is 0 Å². The fourth-order valence-corrected chi connectivity index (χ4v) is 0.620. The lowest BCUT2D eigenvalue weighted by Crippen LogP contribution is -2.19. The van der Waals surface area contributed by atoms with Crippen molar-refractivity contribution in [2.75, 3.05) is 0 Å². The molecule has 0 amide bonds. The molecule has 0 radical (unpaired) electrons.